The minimum absolute atomic E-state index is 0.288. The maximum atomic E-state index is 13.0. The molecule has 2 aromatic heterocycles. The fraction of sp³-hybridized carbons (Fsp3) is 0.0435. The van der Waals surface area contributed by atoms with Crippen LogP contribution in [0.1, 0.15) is 15.9 Å². The summed E-state index contributed by atoms with van der Waals surface area (Å²) in [4.78, 5) is 17.8. The number of halogens is 1. The Labute approximate surface area is 187 Å². The Morgan fingerprint density at radius 3 is 2.65 bits per heavy atom. The summed E-state index contributed by atoms with van der Waals surface area (Å²) in [6.45, 7) is 1.98. The van der Waals surface area contributed by atoms with E-state index in [1.165, 1.54) is 0 Å². The van der Waals surface area contributed by atoms with Crippen LogP contribution in [0.3, 0.4) is 0 Å². The van der Waals surface area contributed by atoms with Gasteiger partial charge in [-0.15, -0.1) is 21.5 Å². The quantitative estimate of drug-likeness (QED) is 0.381. The Bertz CT molecular complexity index is 1380. The number of thiazole rings is 1. The molecule has 8 heteroatoms. The molecule has 0 saturated heterocycles. The number of fused-ring (bicyclic) bond motifs is 1. The van der Waals surface area contributed by atoms with Crippen molar-refractivity contribution in [2.45, 2.75) is 6.92 Å². The largest absolute Gasteiger partial charge is 0.322 e. The molecule has 0 aliphatic carbocycles. The van der Waals surface area contributed by atoms with E-state index in [2.05, 4.69) is 21.6 Å². The Kier molecular flexibility index (Phi) is 4.97. The molecule has 3 aromatic carbocycles. The van der Waals surface area contributed by atoms with E-state index < -0.39 is 0 Å². The standard InChI is InChI=1S/C23H16ClN5OS/c1-14-16(23-28-20-6-2-3-8-21(20)31-23)5-4-7-19(14)27-22(30)17-11-15(9-10-18(17)24)29-12-25-26-13-29/h2-13H,1H3,(H,27,30). The number of carbonyl (C=O) groups is 1. The second-order valence-electron chi connectivity index (χ2n) is 6.95. The molecule has 0 bridgehead atoms. The van der Waals surface area contributed by atoms with Crippen molar-refractivity contribution in [3.05, 3.63) is 89.5 Å². The van der Waals surface area contributed by atoms with Crippen molar-refractivity contribution in [3.63, 3.8) is 0 Å². The van der Waals surface area contributed by atoms with E-state index in [4.69, 9.17) is 16.6 Å². The summed E-state index contributed by atoms with van der Waals surface area (Å²) in [5.74, 6) is -0.288. The third-order valence-corrected chi connectivity index (χ3v) is 6.42. The third-order valence-electron chi connectivity index (χ3n) is 5.02. The summed E-state index contributed by atoms with van der Waals surface area (Å²) < 4.78 is 2.84. The van der Waals surface area contributed by atoms with Crippen molar-refractivity contribution in [2.75, 3.05) is 5.32 Å². The molecular weight excluding hydrogens is 430 g/mol. The van der Waals surface area contributed by atoms with Gasteiger partial charge in [-0.1, -0.05) is 35.9 Å². The SMILES string of the molecule is Cc1c(NC(=O)c2cc(-n3cnnc3)ccc2Cl)cccc1-c1nc2ccccc2s1. The van der Waals surface area contributed by atoms with Gasteiger partial charge in [-0.25, -0.2) is 4.98 Å². The van der Waals surface area contributed by atoms with Gasteiger partial charge in [0, 0.05) is 16.9 Å². The van der Waals surface area contributed by atoms with Crippen molar-refractivity contribution in [3.8, 4) is 16.3 Å². The van der Waals surface area contributed by atoms with E-state index in [9.17, 15) is 4.79 Å². The van der Waals surface area contributed by atoms with Crippen LogP contribution in [0, 0.1) is 6.92 Å². The number of nitrogens with one attached hydrogen (secondary N) is 1. The van der Waals surface area contributed by atoms with Crippen LogP contribution in [0.5, 0.6) is 0 Å². The predicted octanol–water partition coefficient (Wildman–Crippen LogP) is 5.76. The number of anilines is 1. The summed E-state index contributed by atoms with van der Waals surface area (Å²) in [5.41, 5.74) is 4.74. The van der Waals surface area contributed by atoms with Gasteiger partial charge in [-0.05, 0) is 48.9 Å². The summed E-state index contributed by atoms with van der Waals surface area (Å²) in [6, 6.07) is 19.1. The molecule has 0 aliphatic heterocycles. The molecule has 0 aliphatic rings. The molecule has 0 saturated carbocycles. The molecule has 152 valence electrons. The zero-order chi connectivity index (χ0) is 21.4. The molecular formula is C23H16ClN5OS. The maximum absolute atomic E-state index is 13.0. The number of para-hydroxylation sites is 1. The van der Waals surface area contributed by atoms with Crippen LogP contribution >= 0.6 is 22.9 Å². The predicted molar refractivity (Wildman–Crippen MR) is 124 cm³/mol. The second kappa shape index (κ2) is 7.94. The van der Waals surface area contributed by atoms with Crippen LogP contribution in [-0.2, 0) is 0 Å². The normalized spacial score (nSPS) is 11.0. The molecule has 0 unspecified atom stereocenters. The van der Waals surface area contributed by atoms with Crippen LogP contribution in [0.2, 0.25) is 5.02 Å². The molecule has 5 aromatic rings. The van der Waals surface area contributed by atoms with Crippen LogP contribution in [-0.4, -0.2) is 25.7 Å². The molecule has 1 N–H and O–H groups in total. The minimum atomic E-state index is -0.288. The highest BCUT2D eigenvalue weighted by atomic mass is 35.5. The molecule has 0 fully saturated rings. The lowest BCUT2D eigenvalue weighted by Crippen LogP contribution is -2.14. The average molecular weight is 446 g/mol. The Morgan fingerprint density at radius 2 is 1.84 bits per heavy atom. The second-order valence-corrected chi connectivity index (χ2v) is 8.39. The van der Waals surface area contributed by atoms with E-state index in [1.807, 2.05) is 49.4 Å². The topological polar surface area (TPSA) is 72.7 Å². The van der Waals surface area contributed by atoms with Crippen molar-refractivity contribution < 1.29 is 4.79 Å². The molecule has 0 spiro atoms. The fourth-order valence-electron chi connectivity index (χ4n) is 3.36. The summed E-state index contributed by atoms with van der Waals surface area (Å²) in [6.07, 6.45) is 3.13. The van der Waals surface area contributed by atoms with Gasteiger partial charge in [0.25, 0.3) is 5.91 Å². The van der Waals surface area contributed by atoms with E-state index in [0.717, 1.165) is 32.0 Å². The molecule has 0 radical (unpaired) electrons. The van der Waals surface area contributed by atoms with E-state index in [1.54, 1.807) is 40.7 Å². The first-order valence-corrected chi connectivity index (χ1v) is 10.7. The Balaban J connectivity index is 1.47. The number of nitrogens with zero attached hydrogens (tertiary/aromatic N) is 4. The monoisotopic (exact) mass is 445 g/mol. The van der Waals surface area contributed by atoms with Crippen LogP contribution < -0.4 is 5.32 Å². The van der Waals surface area contributed by atoms with Gasteiger partial charge >= 0.3 is 0 Å². The summed E-state index contributed by atoms with van der Waals surface area (Å²) in [5, 5.41) is 11.9. The molecule has 5 rings (SSSR count). The number of amides is 1. The molecule has 1 amide bonds. The van der Waals surface area contributed by atoms with Crippen LogP contribution in [0.4, 0.5) is 5.69 Å². The smallest absolute Gasteiger partial charge is 0.257 e. The zero-order valence-corrected chi connectivity index (χ0v) is 18.0. The number of hydrogen-bond acceptors (Lipinski definition) is 5. The average Bonchev–Trinajstić information content (AvgIpc) is 3.45. The highest BCUT2D eigenvalue weighted by Crippen LogP contribution is 2.34. The number of hydrogen-bond donors (Lipinski definition) is 1. The first-order valence-electron chi connectivity index (χ1n) is 9.51. The highest BCUT2D eigenvalue weighted by Gasteiger charge is 2.16. The van der Waals surface area contributed by atoms with Crippen LogP contribution in [0.25, 0.3) is 26.5 Å². The Hall–Kier alpha value is -3.55. The number of rotatable bonds is 4. The van der Waals surface area contributed by atoms with Crippen molar-refractivity contribution >= 4 is 44.7 Å². The highest BCUT2D eigenvalue weighted by molar-refractivity contribution is 7.21. The summed E-state index contributed by atoms with van der Waals surface area (Å²) >= 11 is 7.95. The molecule has 2 heterocycles. The first kappa shape index (κ1) is 19.4. The molecule has 0 atom stereocenters. The van der Waals surface area contributed by atoms with E-state index in [-0.39, 0.29) is 5.91 Å². The minimum Gasteiger partial charge on any atom is -0.322 e. The summed E-state index contributed by atoms with van der Waals surface area (Å²) in [7, 11) is 0. The van der Waals surface area contributed by atoms with Gasteiger partial charge in [0.2, 0.25) is 0 Å². The van der Waals surface area contributed by atoms with Crippen molar-refractivity contribution in [1.82, 2.24) is 19.7 Å². The van der Waals surface area contributed by atoms with Gasteiger partial charge in [-0.3, -0.25) is 9.36 Å². The van der Waals surface area contributed by atoms with Gasteiger partial charge in [0.15, 0.2) is 0 Å². The lowest BCUT2D eigenvalue weighted by Gasteiger charge is -2.13. The number of aromatic nitrogens is 4. The van der Waals surface area contributed by atoms with E-state index in [0.29, 0.717) is 16.3 Å². The Morgan fingerprint density at radius 1 is 1.03 bits per heavy atom. The first-order chi connectivity index (χ1) is 15.1. The maximum Gasteiger partial charge on any atom is 0.257 e. The lowest BCUT2D eigenvalue weighted by atomic mass is 10.1. The number of carbonyl (C=O) groups excluding carboxylic acids is 1. The number of benzene rings is 3. The zero-order valence-electron chi connectivity index (χ0n) is 16.4. The van der Waals surface area contributed by atoms with Crippen molar-refractivity contribution in [1.29, 1.82) is 0 Å². The van der Waals surface area contributed by atoms with Gasteiger partial charge in [0.05, 0.1) is 20.8 Å². The van der Waals surface area contributed by atoms with Gasteiger partial charge < -0.3 is 5.32 Å². The third kappa shape index (κ3) is 3.69. The lowest BCUT2D eigenvalue weighted by molar-refractivity contribution is 0.102. The van der Waals surface area contributed by atoms with Gasteiger partial charge in [0.1, 0.15) is 17.7 Å². The van der Waals surface area contributed by atoms with Gasteiger partial charge in [-0.2, -0.15) is 0 Å². The molecule has 6 nitrogen and oxygen atoms in total. The fourth-order valence-corrected chi connectivity index (χ4v) is 4.61. The van der Waals surface area contributed by atoms with Crippen LogP contribution in [0.15, 0.2) is 73.3 Å². The van der Waals surface area contributed by atoms with E-state index >= 15 is 0 Å². The van der Waals surface area contributed by atoms with Crippen molar-refractivity contribution in [2.24, 2.45) is 0 Å². The molecule has 31 heavy (non-hydrogen) atoms.